The molecular weight excluding hydrogens is 965 g/mol. The Morgan fingerprint density at radius 1 is 0.811 bits per heavy atom. The predicted molar refractivity (Wildman–Crippen MR) is 275 cm³/mol. The number of carbonyl (C=O) groups is 9. The van der Waals surface area contributed by atoms with Crippen LogP contribution in [0.4, 0.5) is 0 Å². The topological polar surface area (TPSA) is 476 Å². The van der Waals surface area contributed by atoms with E-state index in [4.69, 9.17) is 40.1 Å². The number of carbonyl (C=O) groups excluding carboxylic acids is 8. The molecule has 1 heterocycles. The van der Waals surface area contributed by atoms with Crippen molar-refractivity contribution in [3.05, 3.63) is 47.2 Å². The fourth-order valence-electron chi connectivity index (χ4n) is 7.56. The van der Waals surface area contributed by atoms with Crippen molar-refractivity contribution < 1.29 is 53.4 Å². The van der Waals surface area contributed by atoms with E-state index in [0.29, 0.717) is 44.2 Å². The molecule has 0 saturated carbocycles. The first kappa shape index (κ1) is 63.2. The fraction of sp³-hybridized carbons (Fsp3) is 0.596. The first-order valence-electron chi connectivity index (χ1n) is 24.7. The van der Waals surface area contributed by atoms with Crippen LogP contribution in [0, 0.1) is 6.92 Å². The van der Waals surface area contributed by atoms with Crippen molar-refractivity contribution in [2.45, 2.75) is 133 Å². The molecule has 1 saturated heterocycles. The molecule has 0 bridgehead atoms. The van der Waals surface area contributed by atoms with Crippen molar-refractivity contribution in [3.63, 3.8) is 0 Å². The summed E-state index contributed by atoms with van der Waals surface area (Å²) in [6.45, 7) is 2.85. The maximum atomic E-state index is 14.2. The SMILES string of the molecule is Cc1ccccc1C[C@H](NC(=O)[C@@H]1CCCN1C(=O)C(CCCN)=NC(=O)CNC(=O)[C@H](C)NC(=O)[C@@H](NC(=O)[C@@H](N)CCCCN)[C@@H](O)CN)C(=O)N[C@@H](CCCCN)C(=O)N/C(=C\CCN=C(N)N)C(=O)O. The molecule has 7 atom stereocenters. The smallest absolute Gasteiger partial charge is 0.352 e. The molecular formula is C47H78N16O11. The third-order valence-electron chi connectivity index (χ3n) is 11.8. The third-order valence-corrected chi connectivity index (χ3v) is 11.8. The molecule has 412 valence electrons. The average Bonchev–Trinajstić information content (AvgIpc) is 3.87. The number of nitrogens with two attached hydrogens (primary N) is 7. The number of aliphatic hydroxyl groups excluding tert-OH is 1. The number of aliphatic carboxylic acids is 1. The number of nitrogens with zero attached hydrogens (tertiary/aromatic N) is 3. The number of benzene rings is 1. The minimum atomic E-state index is -1.57. The Labute approximate surface area is 430 Å². The number of unbranched alkanes of at least 4 members (excludes halogenated alkanes) is 2. The van der Waals surface area contributed by atoms with Crippen LogP contribution in [0.3, 0.4) is 0 Å². The lowest BCUT2D eigenvalue weighted by molar-refractivity contribution is -0.137. The highest BCUT2D eigenvalue weighted by molar-refractivity contribution is 6.40. The molecule has 1 aliphatic rings. The van der Waals surface area contributed by atoms with E-state index in [0.717, 1.165) is 5.56 Å². The van der Waals surface area contributed by atoms with Crippen LogP contribution in [-0.4, -0.2) is 168 Å². The summed E-state index contributed by atoms with van der Waals surface area (Å²) in [5.74, 6) is -8.26. The lowest BCUT2D eigenvalue weighted by atomic mass is 9.99. The van der Waals surface area contributed by atoms with E-state index in [1.807, 2.05) is 13.0 Å². The number of hydrogen-bond acceptors (Lipinski definition) is 16. The second-order valence-electron chi connectivity index (χ2n) is 17.7. The van der Waals surface area contributed by atoms with Crippen molar-refractivity contribution in [1.82, 2.24) is 36.8 Å². The summed E-state index contributed by atoms with van der Waals surface area (Å²) < 4.78 is 0. The minimum absolute atomic E-state index is 0.0447. The van der Waals surface area contributed by atoms with Crippen LogP contribution in [0.25, 0.3) is 0 Å². The van der Waals surface area contributed by atoms with Gasteiger partial charge in [-0.25, -0.2) is 9.79 Å². The Hall–Kier alpha value is -6.91. The van der Waals surface area contributed by atoms with Crippen LogP contribution in [0.15, 0.2) is 46.0 Å². The number of aliphatic imine (C=N–C) groups is 2. The number of guanidine groups is 1. The summed E-state index contributed by atoms with van der Waals surface area (Å²) in [5.41, 5.74) is 39.9. The number of nitrogens with one attached hydrogen (secondary N) is 6. The van der Waals surface area contributed by atoms with E-state index >= 15 is 0 Å². The highest BCUT2D eigenvalue weighted by Crippen LogP contribution is 2.20. The largest absolute Gasteiger partial charge is 0.477 e. The molecule has 8 amide bonds. The first-order chi connectivity index (χ1) is 35.2. The van der Waals surface area contributed by atoms with Crippen LogP contribution in [-0.2, 0) is 49.6 Å². The molecule has 0 spiro atoms. The summed E-state index contributed by atoms with van der Waals surface area (Å²) in [7, 11) is 0. The van der Waals surface area contributed by atoms with E-state index in [1.54, 1.807) is 18.2 Å². The summed E-state index contributed by atoms with van der Waals surface area (Å²) >= 11 is 0. The van der Waals surface area contributed by atoms with Gasteiger partial charge in [0.1, 0.15) is 41.6 Å². The fourth-order valence-corrected chi connectivity index (χ4v) is 7.56. The highest BCUT2D eigenvalue weighted by Gasteiger charge is 2.38. The molecule has 1 aromatic carbocycles. The zero-order valence-electron chi connectivity index (χ0n) is 42.3. The van der Waals surface area contributed by atoms with Gasteiger partial charge in [-0.05, 0) is 109 Å². The average molecular weight is 1040 g/mol. The number of carboxylic acids is 1. The van der Waals surface area contributed by atoms with Gasteiger partial charge in [-0.2, -0.15) is 0 Å². The van der Waals surface area contributed by atoms with E-state index in [1.165, 1.54) is 17.9 Å². The molecule has 27 heteroatoms. The molecule has 2 rings (SSSR count). The molecule has 0 radical (unpaired) electrons. The van der Waals surface area contributed by atoms with Gasteiger partial charge in [0.25, 0.3) is 11.8 Å². The second kappa shape index (κ2) is 33.7. The summed E-state index contributed by atoms with van der Waals surface area (Å²) in [4.78, 5) is 129. The number of carboxylic acid groups (broad SMARTS) is 1. The summed E-state index contributed by atoms with van der Waals surface area (Å²) in [6.07, 6.45) is 2.70. The molecule has 1 aliphatic heterocycles. The van der Waals surface area contributed by atoms with E-state index in [-0.39, 0.29) is 82.8 Å². The van der Waals surface area contributed by atoms with Gasteiger partial charge < -0.3 is 87.1 Å². The third kappa shape index (κ3) is 22.1. The number of hydrogen-bond donors (Lipinski definition) is 15. The Kier molecular flexibility index (Phi) is 28.8. The van der Waals surface area contributed by atoms with Gasteiger partial charge in [0.2, 0.25) is 35.4 Å². The Bertz CT molecular complexity index is 2170. The van der Waals surface area contributed by atoms with E-state index in [9.17, 15) is 53.4 Å². The summed E-state index contributed by atoms with van der Waals surface area (Å²) in [5, 5.41) is 35.1. The lowest BCUT2D eigenvalue weighted by Crippen LogP contribution is -2.60. The molecule has 22 N–H and O–H groups in total. The van der Waals surface area contributed by atoms with Crippen LogP contribution in [0.2, 0.25) is 0 Å². The molecule has 27 nitrogen and oxygen atoms in total. The molecule has 0 aromatic heterocycles. The Morgan fingerprint density at radius 3 is 2.09 bits per heavy atom. The highest BCUT2D eigenvalue weighted by atomic mass is 16.4. The number of rotatable bonds is 33. The number of aliphatic hydroxyl groups is 1. The zero-order valence-corrected chi connectivity index (χ0v) is 42.3. The first-order valence-corrected chi connectivity index (χ1v) is 24.7. The molecule has 74 heavy (non-hydrogen) atoms. The van der Waals surface area contributed by atoms with E-state index < -0.39 is 114 Å². The monoisotopic (exact) mass is 1040 g/mol. The van der Waals surface area contributed by atoms with Crippen molar-refractivity contribution in [2.75, 3.05) is 45.8 Å². The maximum Gasteiger partial charge on any atom is 0.352 e. The van der Waals surface area contributed by atoms with Gasteiger partial charge in [0, 0.05) is 26.1 Å². The standard InChI is InChI=1S/C47H78N16O11/c1-27-12-3-4-13-29(27)24-34(42(69)59-31(15-6-8-20-49)41(68)60-33(46(73)74)17-10-22-55-47(53)54)61-43(70)35-18-11-23-63(35)45(72)32(16-9-21-50)58-37(65)26-56-39(66)28(2)57-44(71)38(36(64)25-51)62-40(67)30(52)14-5-7-19-48/h3-4,12-13,17,28,30-31,34-36,38,64H,5-11,14-16,18-26,48-52H2,1-2H3,(H,56,66)(H,57,71)(H,59,69)(H,60,68)(H,61,70)(H,62,67)(H,73,74)(H4,53,54,55)/b33-17-,58-32?/t28-,30-,31-,34-,35-,36-,38-/m0/s1. The number of amides is 8. The number of aryl methyl sites for hydroxylation is 1. The van der Waals surface area contributed by atoms with E-state index in [2.05, 4.69) is 41.9 Å². The molecule has 1 aromatic rings. The van der Waals surface area contributed by atoms with Crippen LogP contribution in [0.1, 0.15) is 88.7 Å². The van der Waals surface area contributed by atoms with Gasteiger partial charge in [-0.3, -0.25) is 43.3 Å². The van der Waals surface area contributed by atoms with Crippen LogP contribution in [0.5, 0.6) is 0 Å². The molecule has 0 aliphatic carbocycles. The second-order valence-corrected chi connectivity index (χ2v) is 17.7. The molecule has 0 unspecified atom stereocenters. The predicted octanol–water partition coefficient (Wildman–Crippen LogP) is -5.04. The van der Waals surface area contributed by atoms with Crippen LogP contribution < -0.4 is 72.0 Å². The molecule has 1 fully saturated rings. The van der Waals surface area contributed by atoms with Gasteiger partial charge in [0.05, 0.1) is 18.7 Å². The van der Waals surface area contributed by atoms with Gasteiger partial charge in [-0.1, -0.05) is 36.8 Å². The normalized spacial score (nSPS) is 16.1. The zero-order chi connectivity index (χ0) is 55.3. The van der Waals surface area contributed by atoms with Gasteiger partial charge in [0.15, 0.2) is 5.96 Å². The Morgan fingerprint density at radius 2 is 1.47 bits per heavy atom. The quantitative estimate of drug-likeness (QED) is 0.0136. The van der Waals surface area contributed by atoms with Gasteiger partial charge in [-0.15, -0.1) is 0 Å². The van der Waals surface area contributed by atoms with Crippen molar-refractivity contribution >= 4 is 64.9 Å². The van der Waals surface area contributed by atoms with Crippen molar-refractivity contribution in [1.29, 1.82) is 0 Å². The minimum Gasteiger partial charge on any atom is -0.477 e. The van der Waals surface area contributed by atoms with Crippen LogP contribution >= 0.6 is 0 Å². The maximum absolute atomic E-state index is 14.2. The van der Waals surface area contributed by atoms with Crippen molar-refractivity contribution in [3.8, 4) is 0 Å². The summed E-state index contributed by atoms with van der Waals surface area (Å²) in [6, 6.07) is -0.490. The van der Waals surface area contributed by atoms with Crippen molar-refractivity contribution in [2.24, 2.45) is 50.1 Å². The van der Waals surface area contributed by atoms with Gasteiger partial charge >= 0.3 is 5.97 Å². The lowest BCUT2D eigenvalue weighted by Gasteiger charge is -2.28. The Balaban J connectivity index is 2.30. The number of likely N-dealkylation sites (tertiary alicyclic amines) is 1.